The molecule has 0 saturated heterocycles. The highest BCUT2D eigenvalue weighted by Gasteiger charge is 2.10. The standard InChI is InChI=1S/C11H12ClN3S/c1-7(11-14-5-6-16-11)15-9-4-2-3-8(12)10(9)13/h2-7,15H,13H2,1H3. The summed E-state index contributed by atoms with van der Waals surface area (Å²) in [6.07, 6.45) is 1.79. The molecule has 0 bridgehead atoms. The number of rotatable bonds is 3. The van der Waals surface area contributed by atoms with Gasteiger partial charge in [0.05, 0.1) is 22.4 Å². The van der Waals surface area contributed by atoms with Gasteiger partial charge in [-0.25, -0.2) is 4.98 Å². The summed E-state index contributed by atoms with van der Waals surface area (Å²) in [4.78, 5) is 4.25. The molecule has 2 rings (SSSR count). The lowest BCUT2D eigenvalue weighted by Crippen LogP contribution is -2.08. The highest BCUT2D eigenvalue weighted by molar-refractivity contribution is 7.09. The van der Waals surface area contributed by atoms with E-state index in [0.717, 1.165) is 10.7 Å². The van der Waals surface area contributed by atoms with Gasteiger partial charge in [0.25, 0.3) is 0 Å². The molecule has 0 aliphatic carbocycles. The van der Waals surface area contributed by atoms with Gasteiger partial charge in [0.15, 0.2) is 0 Å². The second-order valence-electron chi connectivity index (χ2n) is 3.44. The molecule has 0 radical (unpaired) electrons. The number of anilines is 2. The highest BCUT2D eigenvalue weighted by atomic mass is 35.5. The second-order valence-corrected chi connectivity index (χ2v) is 4.77. The normalized spacial score (nSPS) is 12.4. The SMILES string of the molecule is CC(Nc1cccc(Cl)c1N)c1nccs1. The van der Waals surface area contributed by atoms with Gasteiger partial charge in [0.1, 0.15) is 5.01 Å². The van der Waals surface area contributed by atoms with Gasteiger partial charge < -0.3 is 11.1 Å². The maximum Gasteiger partial charge on any atom is 0.115 e. The van der Waals surface area contributed by atoms with Crippen LogP contribution in [0.5, 0.6) is 0 Å². The minimum Gasteiger partial charge on any atom is -0.396 e. The number of hydrogen-bond donors (Lipinski definition) is 2. The maximum absolute atomic E-state index is 5.94. The molecule has 16 heavy (non-hydrogen) atoms. The first-order valence-electron chi connectivity index (χ1n) is 4.88. The van der Waals surface area contributed by atoms with Crippen LogP contribution in [0, 0.1) is 0 Å². The summed E-state index contributed by atoms with van der Waals surface area (Å²) >= 11 is 7.56. The van der Waals surface area contributed by atoms with Crippen molar-refractivity contribution in [2.45, 2.75) is 13.0 Å². The van der Waals surface area contributed by atoms with Gasteiger partial charge in [-0.2, -0.15) is 0 Å². The monoisotopic (exact) mass is 253 g/mol. The van der Waals surface area contributed by atoms with E-state index in [2.05, 4.69) is 10.3 Å². The first-order valence-corrected chi connectivity index (χ1v) is 6.14. The summed E-state index contributed by atoms with van der Waals surface area (Å²) in [6, 6.07) is 5.68. The summed E-state index contributed by atoms with van der Waals surface area (Å²) in [6.45, 7) is 2.04. The van der Waals surface area contributed by atoms with E-state index in [0.29, 0.717) is 10.7 Å². The minimum atomic E-state index is 0.126. The Balaban J connectivity index is 2.18. The molecule has 0 aliphatic rings. The zero-order valence-electron chi connectivity index (χ0n) is 8.77. The molecular formula is C11H12ClN3S. The van der Waals surface area contributed by atoms with Crippen molar-refractivity contribution in [1.82, 2.24) is 4.98 Å². The molecule has 3 nitrogen and oxygen atoms in total. The fourth-order valence-corrected chi connectivity index (χ4v) is 2.23. The number of nitrogens with two attached hydrogens (primary N) is 1. The van der Waals surface area contributed by atoms with Gasteiger partial charge in [-0.05, 0) is 19.1 Å². The highest BCUT2D eigenvalue weighted by Crippen LogP contribution is 2.30. The van der Waals surface area contributed by atoms with Gasteiger partial charge in [-0.1, -0.05) is 17.7 Å². The third-order valence-corrected chi connectivity index (χ3v) is 3.53. The largest absolute Gasteiger partial charge is 0.396 e. The zero-order chi connectivity index (χ0) is 11.5. The molecule has 84 valence electrons. The van der Waals surface area contributed by atoms with Crippen molar-refractivity contribution in [2.24, 2.45) is 0 Å². The molecule has 0 aliphatic heterocycles. The number of nitrogen functional groups attached to an aromatic ring is 1. The lowest BCUT2D eigenvalue weighted by atomic mass is 10.2. The lowest BCUT2D eigenvalue weighted by molar-refractivity contribution is 0.870. The van der Waals surface area contributed by atoms with Crippen molar-refractivity contribution in [2.75, 3.05) is 11.1 Å². The Bertz CT molecular complexity index is 470. The van der Waals surface area contributed by atoms with Crippen molar-refractivity contribution < 1.29 is 0 Å². The molecule has 0 saturated carbocycles. The predicted molar refractivity (Wildman–Crippen MR) is 70.0 cm³/mol. The predicted octanol–water partition coefficient (Wildman–Crippen LogP) is 3.55. The van der Waals surface area contributed by atoms with Crippen molar-refractivity contribution in [3.63, 3.8) is 0 Å². The number of benzene rings is 1. The Hall–Kier alpha value is -1.26. The molecule has 1 heterocycles. The lowest BCUT2D eigenvalue weighted by Gasteiger charge is -2.15. The Morgan fingerprint density at radius 1 is 1.50 bits per heavy atom. The molecule has 1 aromatic heterocycles. The van der Waals surface area contributed by atoms with Crippen molar-refractivity contribution >= 4 is 34.3 Å². The van der Waals surface area contributed by atoms with Crippen LogP contribution in [-0.2, 0) is 0 Å². The molecule has 1 unspecified atom stereocenters. The van der Waals surface area contributed by atoms with E-state index in [9.17, 15) is 0 Å². The fraction of sp³-hybridized carbons (Fsp3) is 0.182. The number of halogens is 1. The van der Waals surface area contributed by atoms with Crippen LogP contribution in [0.25, 0.3) is 0 Å². The van der Waals surface area contributed by atoms with Crippen molar-refractivity contribution in [3.8, 4) is 0 Å². The Kier molecular flexibility index (Phi) is 3.31. The Morgan fingerprint density at radius 2 is 2.31 bits per heavy atom. The summed E-state index contributed by atoms with van der Waals surface area (Å²) in [5.74, 6) is 0. The van der Waals surface area contributed by atoms with Crippen molar-refractivity contribution in [3.05, 3.63) is 39.8 Å². The average molecular weight is 254 g/mol. The van der Waals surface area contributed by atoms with Crippen LogP contribution in [0.2, 0.25) is 5.02 Å². The smallest absolute Gasteiger partial charge is 0.115 e. The summed E-state index contributed by atoms with van der Waals surface area (Å²) in [5.41, 5.74) is 7.29. The van der Waals surface area contributed by atoms with Crippen LogP contribution in [-0.4, -0.2) is 4.98 Å². The molecule has 0 amide bonds. The summed E-state index contributed by atoms with van der Waals surface area (Å²) < 4.78 is 0. The van der Waals surface area contributed by atoms with Gasteiger partial charge >= 0.3 is 0 Å². The number of para-hydroxylation sites is 1. The van der Waals surface area contributed by atoms with E-state index in [1.54, 1.807) is 23.6 Å². The van der Waals surface area contributed by atoms with Gasteiger partial charge in [0.2, 0.25) is 0 Å². The van der Waals surface area contributed by atoms with E-state index in [-0.39, 0.29) is 6.04 Å². The topological polar surface area (TPSA) is 50.9 Å². The van der Waals surface area contributed by atoms with E-state index in [1.807, 2.05) is 24.4 Å². The molecule has 3 N–H and O–H groups in total. The van der Waals surface area contributed by atoms with E-state index in [4.69, 9.17) is 17.3 Å². The third-order valence-electron chi connectivity index (χ3n) is 2.25. The number of nitrogens with one attached hydrogen (secondary N) is 1. The van der Waals surface area contributed by atoms with E-state index < -0.39 is 0 Å². The number of nitrogens with zero attached hydrogens (tertiary/aromatic N) is 1. The van der Waals surface area contributed by atoms with Crippen LogP contribution < -0.4 is 11.1 Å². The Morgan fingerprint density at radius 3 is 3.00 bits per heavy atom. The second kappa shape index (κ2) is 4.72. The number of aromatic nitrogens is 1. The van der Waals surface area contributed by atoms with E-state index in [1.165, 1.54) is 0 Å². The first kappa shape index (κ1) is 11.2. The zero-order valence-corrected chi connectivity index (χ0v) is 10.3. The molecule has 5 heteroatoms. The van der Waals surface area contributed by atoms with Gasteiger partial charge in [-0.15, -0.1) is 11.3 Å². The van der Waals surface area contributed by atoms with Crippen LogP contribution in [0.4, 0.5) is 11.4 Å². The summed E-state index contributed by atoms with van der Waals surface area (Å²) in [7, 11) is 0. The Labute approximate surface area is 103 Å². The fourth-order valence-electron chi connectivity index (χ4n) is 1.41. The van der Waals surface area contributed by atoms with Gasteiger partial charge in [0, 0.05) is 11.6 Å². The molecule has 2 aromatic rings. The maximum atomic E-state index is 5.94. The molecule has 0 fully saturated rings. The summed E-state index contributed by atoms with van der Waals surface area (Å²) in [5, 5.41) is 6.84. The van der Waals surface area contributed by atoms with Crippen LogP contribution in [0.3, 0.4) is 0 Å². The van der Waals surface area contributed by atoms with E-state index >= 15 is 0 Å². The number of hydrogen-bond acceptors (Lipinski definition) is 4. The molecule has 1 atom stereocenters. The number of thiazole rings is 1. The molecule has 1 aromatic carbocycles. The minimum absolute atomic E-state index is 0.126. The first-order chi connectivity index (χ1) is 7.68. The van der Waals surface area contributed by atoms with Crippen LogP contribution in [0.15, 0.2) is 29.8 Å². The van der Waals surface area contributed by atoms with Crippen LogP contribution >= 0.6 is 22.9 Å². The third kappa shape index (κ3) is 2.28. The average Bonchev–Trinajstić information content (AvgIpc) is 2.78. The molecular weight excluding hydrogens is 242 g/mol. The van der Waals surface area contributed by atoms with Gasteiger partial charge in [-0.3, -0.25) is 0 Å². The molecule has 0 spiro atoms. The quantitative estimate of drug-likeness (QED) is 0.823. The van der Waals surface area contributed by atoms with Crippen LogP contribution in [0.1, 0.15) is 18.0 Å². The van der Waals surface area contributed by atoms with Crippen molar-refractivity contribution in [1.29, 1.82) is 0 Å².